The zero-order valence-electron chi connectivity index (χ0n) is 11.8. The summed E-state index contributed by atoms with van der Waals surface area (Å²) in [6.45, 7) is 9.35. The van der Waals surface area contributed by atoms with Crippen LogP contribution in [0, 0.1) is 0 Å². The van der Waals surface area contributed by atoms with Gasteiger partial charge in [0.1, 0.15) is 0 Å². The zero-order chi connectivity index (χ0) is 12.7. The zero-order valence-corrected chi connectivity index (χ0v) is 11.8. The molecular weight excluding hydrogens is 212 g/mol. The van der Waals surface area contributed by atoms with Gasteiger partial charge in [0, 0.05) is 12.6 Å². The average molecular weight is 240 g/mol. The molecule has 100 valence electrons. The van der Waals surface area contributed by atoms with Crippen molar-refractivity contribution in [3.05, 3.63) is 0 Å². The van der Waals surface area contributed by atoms with E-state index >= 15 is 0 Å². The molecule has 0 aromatic heterocycles. The molecule has 1 aliphatic heterocycles. The Morgan fingerprint density at radius 2 is 1.76 bits per heavy atom. The molecule has 0 spiro atoms. The van der Waals surface area contributed by atoms with Gasteiger partial charge in [0.2, 0.25) is 0 Å². The molecule has 0 amide bonds. The molecule has 1 unspecified atom stereocenters. The Bertz CT molecular complexity index is 282. The van der Waals surface area contributed by atoms with Crippen LogP contribution in [0.3, 0.4) is 0 Å². The number of hydrogen-bond acceptors (Lipinski definition) is 3. The number of hydrogen-bond donors (Lipinski definition) is 2. The molecule has 2 aliphatic rings. The quantitative estimate of drug-likeness (QED) is 0.795. The van der Waals surface area contributed by atoms with Gasteiger partial charge in [-0.05, 0) is 47.0 Å². The third-order valence-electron chi connectivity index (χ3n) is 4.60. The SMILES string of the molecule is CC1(C)CC(CN)(NC2CCCC2)C(C)(C)O1. The maximum Gasteiger partial charge on any atom is 0.0828 e. The van der Waals surface area contributed by atoms with Gasteiger partial charge < -0.3 is 15.8 Å². The monoisotopic (exact) mass is 240 g/mol. The molecule has 17 heavy (non-hydrogen) atoms. The largest absolute Gasteiger partial charge is 0.368 e. The summed E-state index contributed by atoms with van der Waals surface area (Å²) in [4.78, 5) is 0. The summed E-state index contributed by atoms with van der Waals surface area (Å²) in [6, 6.07) is 0.635. The molecule has 0 bridgehead atoms. The van der Waals surface area contributed by atoms with Gasteiger partial charge in [0.05, 0.1) is 16.7 Å². The fourth-order valence-corrected chi connectivity index (χ4v) is 3.83. The lowest BCUT2D eigenvalue weighted by Crippen LogP contribution is -2.64. The van der Waals surface area contributed by atoms with Gasteiger partial charge in [0.15, 0.2) is 0 Å². The Hall–Kier alpha value is -0.120. The first-order valence-corrected chi connectivity index (χ1v) is 6.98. The van der Waals surface area contributed by atoms with E-state index in [2.05, 4.69) is 33.0 Å². The van der Waals surface area contributed by atoms with E-state index in [4.69, 9.17) is 10.5 Å². The molecule has 3 nitrogen and oxygen atoms in total. The van der Waals surface area contributed by atoms with E-state index in [0.717, 1.165) is 6.42 Å². The number of ether oxygens (including phenoxy) is 1. The number of rotatable bonds is 3. The Morgan fingerprint density at radius 1 is 1.18 bits per heavy atom. The second kappa shape index (κ2) is 4.22. The van der Waals surface area contributed by atoms with Crippen molar-refractivity contribution in [3.8, 4) is 0 Å². The summed E-state index contributed by atoms with van der Waals surface area (Å²) in [5, 5.41) is 3.84. The van der Waals surface area contributed by atoms with Crippen LogP contribution in [0.1, 0.15) is 59.8 Å². The van der Waals surface area contributed by atoms with E-state index in [0.29, 0.717) is 12.6 Å². The summed E-state index contributed by atoms with van der Waals surface area (Å²) in [7, 11) is 0. The van der Waals surface area contributed by atoms with Crippen LogP contribution < -0.4 is 11.1 Å². The van der Waals surface area contributed by atoms with Crippen molar-refractivity contribution < 1.29 is 4.74 Å². The molecule has 0 aromatic carbocycles. The van der Waals surface area contributed by atoms with E-state index in [1.54, 1.807) is 0 Å². The molecule has 3 N–H and O–H groups in total. The van der Waals surface area contributed by atoms with Crippen molar-refractivity contribution in [2.45, 2.75) is 82.6 Å². The number of nitrogens with one attached hydrogen (secondary N) is 1. The minimum atomic E-state index is -0.187. The van der Waals surface area contributed by atoms with Crippen molar-refractivity contribution in [3.63, 3.8) is 0 Å². The number of nitrogens with two attached hydrogens (primary N) is 1. The van der Waals surface area contributed by atoms with Crippen LogP contribution in [-0.2, 0) is 4.74 Å². The summed E-state index contributed by atoms with van der Waals surface area (Å²) < 4.78 is 6.21. The van der Waals surface area contributed by atoms with E-state index in [1.165, 1.54) is 25.7 Å². The fourth-order valence-electron chi connectivity index (χ4n) is 3.83. The van der Waals surface area contributed by atoms with Crippen LogP contribution >= 0.6 is 0 Å². The highest BCUT2D eigenvalue weighted by molar-refractivity contribution is 5.13. The summed E-state index contributed by atoms with van der Waals surface area (Å²) >= 11 is 0. The van der Waals surface area contributed by atoms with Gasteiger partial charge >= 0.3 is 0 Å². The van der Waals surface area contributed by atoms with Crippen molar-refractivity contribution >= 4 is 0 Å². The molecule has 1 aliphatic carbocycles. The molecule has 0 radical (unpaired) electrons. The molecule has 3 heteroatoms. The minimum absolute atomic E-state index is 0.0640. The van der Waals surface area contributed by atoms with Gasteiger partial charge in [-0.3, -0.25) is 0 Å². The lowest BCUT2D eigenvalue weighted by molar-refractivity contribution is -0.0832. The summed E-state index contributed by atoms with van der Waals surface area (Å²) in [5.74, 6) is 0. The molecule has 1 saturated heterocycles. The third-order valence-corrected chi connectivity index (χ3v) is 4.60. The molecule has 1 atom stereocenters. The van der Waals surface area contributed by atoms with Crippen LogP contribution in [0.2, 0.25) is 0 Å². The van der Waals surface area contributed by atoms with Gasteiger partial charge in [-0.15, -0.1) is 0 Å². The first-order valence-electron chi connectivity index (χ1n) is 6.98. The molecule has 0 aromatic rings. The predicted molar refractivity (Wildman–Crippen MR) is 71.0 cm³/mol. The minimum Gasteiger partial charge on any atom is -0.368 e. The van der Waals surface area contributed by atoms with Crippen LogP contribution in [0.25, 0.3) is 0 Å². The maximum absolute atomic E-state index is 6.21. The smallest absolute Gasteiger partial charge is 0.0828 e. The molecule has 2 fully saturated rings. The molecule has 2 rings (SSSR count). The second-order valence-corrected chi connectivity index (χ2v) is 6.96. The predicted octanol–water partition coefficient (Wildman–Crippen LogP) is 2.19. The van der Waals surface area contributed by atoms with Crippen LogP contribution in [0.5, 0.6) is 0 Å². The van der Waals surface area contributed by atoms with Crippen molar-refractivity contribution in [2.75, 3.05) is 6.54 Å². The van der Waals surface area contributed by atoms with Gasteiger partial charge in [-0.1, -0.05) is 12.8 Å². The highest BCUT2D eigenvalue weighted by Crippen LogP contribution is 2.45. The van der Waals surface area contributed by atoms with E-state index in [9.17, 15) is 0 Å². The molecular formula is C14H28N2O. The average Bonchev–Trinajstić information content (AvgIpc) is 2.71. The van der Waals surface area contributed by atoms with Gasteiger partial charge in [-0.2, -0.15) is 0 Å². The molecule has 1 heterocycles. The summed E-state index contributed by atoms with van der Waals surface area (Å²) in [5.41, 5.74) is 5.78. The Labute approximate surface area is 105 Å². The van der Waals surface area contributed by atoms with E-state index in [-0.39, 0.29) is 16.7 Å². The van der Waals surface area contributed by atoms with E-state index < -0.39 is 0 Å². The highest BCUT2D eigenvalue weighted by Gasteiger charge is 2.56. The molecule has 1 saturated carbocycles. The second-order valence-electron chi connectivity index (χ2n) is 6.96. The Kier molecular flexibility index (Phi) is 3.30. The lowest BCUT2D eigenvalue weighted by atomic mass is 9.78. The van der Waals surface area contributed by atoms with Crippen LogP contribution in [0.15, 0.2) is 0 Å². The fraction of sp³-hybridized carbons (Fsp3) is 1.00. The van der Waals surface area contributed by atoms with Crippen LogP contribution in [-0.4, -0.2) is 29.3 Å². The third kappa shape index (κ3) is 2.38. The Morgan fingerprint density at radius 3 is 2.18 bits per heavy atom. The first-order chi connectivity index (χ1) is 7.80. The topological polar surface area (TPSA) is 47.3 Å². The van der Waals surface area contributed by atoms with Gasteiger partial charge in [-0.25, -0.2) is 0 Å². The first kappa shape index (κ1) is 13.3. The van der Waals surface area contributed by atoms with Crippen molar-refractivity contribution in [1.82, 2.24) is 5.32 Å². The standard InChI is InChI=1S/C14H28N2O/c1-12(2)9-14(10-15,13(3,4)17-12)16-11-7-5-6-8-11/h11,16H,5-10,15H2,1-4H3. The van der Waals surface area contributed by atoms with Gasteiger partial charge in [0.25, 0.3) is 0 Å². The van der Waals surface area contributed by atoms with Crippen molar-refractivity contribution in [1.29, 1.82) is 0 Å². The summed E-state index contributed by atoms with van der Waals surface area (Å²) in [6.07, 6.45) is 6.28. The maximum atomic E-state index is 6.21. The lowest BCUT2D eigenvalue weighted by Gasteiger charge is -2.42. The highest BCUT2D eigenvalue weighted by atomic mass is 16.5. The normalized spacial score (nSPS) is 36.5. The van der Waals surface area contributed by atoms with E-state index in [1.807, 2.05) is 0 Å². The van der Waals surface area contributed by atoms with Crippen LogP contribution in [0.4, 0.5) is 0 Å². The Balaban J connectivity index is 2.17. The van der Waals surface area contributed by atoms with Crippen molar-refractivity contribution in [2.24, 2.45) is 5.73 Å².